The molecule has 0 aliphatic heterocycles. The van der Waals surface area contributed by atoms with Crippen LogP contribution in [0.4, 0.5) is 0 Å². The Morgan fingerprint density at radius 3 is 2.85 bits per heavy atom. The fourth-order valence-electron chi connectivity index (χ4n) is 1.45. The number of H-pyrrole nitrogens is 1. The van der Waals surface area contributed by atoms with Crippen LogP contribution < -0.4 is 0 Å². The molecule has 0 bridgehead atoms. The number of nitrogens with one attached hydrogen (secondary N) is 1. The molecule has 66 valence electrons. The lowest BCUT2D eigenvalue weighted by atomic mass is 10.1. The Bertz CT molecular complexity index is 460. The largest absolute Gasteiger partial charge is 0.361 e. The number of nitrogens with zero attached hydrogens (tertiary/aromatic N) is 1. The Morgan fingerprint density at radius 1 is 1.38 bits per heavy atom. The van der Waals surface area contributed by atoms with Gasteiger partial charge in [0.15, 0.2) is 0 Å². The molecule has 1 heterocycles. The molecule has 0 radical (unpaired) electrons. The van der Waals surface area contributed by atoms with E-state index in [0.717, 1.165) is 22.0 Å². The van der Waals surface area contributed by atoms with Gasteiger partial charge in [0.1, 0.15) is 0 Å². The van der Waals surface area contributed by atoms with Crippen LogP contribution in [0.25, 0.3) is 10.9 Å². The minimum Gasteiger partial charge on any atom is -0.361 e. The zero-order valence-electron chi connectivity index (χ0n) is 6.76. The maximum atomic E-state index is 8.81. The van der Waals surface area contributed by atoms with Gasteiger partial charge in [-0.05, 0) is 24.6 Å². The third-order valence-electron chi connectivity index (χ3n) is 2.02. The van der Waals surface area contributed by atoms with E-state index in [2.05, 4.69) is 11.1 Å². The number of aromatic amines is 1. The van der Waals surface area contributed by atoms with E-state index in [1.807, 2.05) is 31.3 Å². The van der Waals surface area contributed by atoms with Crippen molar-refractivity contribution in [2.75, 3.05) is 0 Å². The van der Waals surface area contributed by atoms with Gasteiger partial charge in [0, 0.05) is 17.1 Å². The Morgan fingerprint density at radius 2 is 2.15 bits per heavy atom. The number of nitriles is 1. The van der Waals surface area contributed by atoms with Crippen molar-refractivity contribution in [2.24, 2.45) is 0 Å². The first-order valence-electron chi connectivity index (χ1n) is 3.79. The molecular formula is C11H12N2. The number of hydrogen-bond donors (Lipinski definition) is 1. The van der Waals surface area contributed by atoms with Gasteiger partial charge in [-0.2, -0.15) is 5.26 Å². The summed E-state index contributed by atoms with van der Waals surface area (Å²) >= 11 is 0. The van der Waals surface area contributed by atoms with E-state index in [1.54, 1.807) is 0 Å². The fraction of sp³-hybridized carbons (Fsp3) is 0.182. The van der Waals surface area contributed by atoms with Gasteiger partial charge < -0.3 is 4.98 Å². The van der Waals surface area contributed by atoms with E-state index >= 15 is 0 Å². The first-order valence-corrected chi connectivity index (χ1v) is 3.79. The van der Waals surface area contributed by atoms with Crippen LogP contribution in [0.15, 0.2) is 24.4 Å². The molecule has 2 rings (SSSR count). The van der Waals surface area contributed by atoms with Crippen LogP contribution in [-0.4, -0.2) is 4.98 Å². The number of benzene rings is 1. The van der Waals surface area contributed by atoms with Crippen molar-refractivity contribution in [3.63, 3.8) is 0 Å². The monoisotopic (exact) mass is 172 g/mol. The standard InChI is InChI=1S/C10H8N2.CH4/c1-7-6-12-9-4-2-3-8(5-11)10(7)9;/h2-4,6,12H,1H3;1H4. The molecule has 0 saturated heterocycles. The smallest absolute Gasteiger partial charge is 0.0998 e. The van der Waals surface area contributed by atoms with E-state index < -0.39 is 0 Å². The highest BCUT2D eigenvalue weighted by atomic mass is 14.7. The van der Waals surface area contributed by atoms with Crippen LogP contribution in [0, 0.1) is 18.3 Å². The minimum absolute atomic E-state index is 0. The van der Waals surface area contributed by atoms with Crippen molar-refractivity contribution >= 4 is 10.9 Å². The second kappa shape index (κ2) is 3.32. The fourth-order valence-corrected chi connectivity index (χ4v) is 1.45. The van der Waals surface area contributed by atoms with Crippen LogP contribution in [0.5, 0.6) is 0 Å². The highest BCUT2D eigenvalue weighted by Crippen LogP contribution is 2.20. The summed E-state index contributed by atoms with van der Waals surface area (Å²) in [5, 5.41) is 9.86. The van der Waals surface area contributed by atoms with Crippen LogP contribution in [0.1, 0.15) is 18.6 Å². The molecule has 1 aromatic heterocycles. The summed E-state index contributed by atoms with van der Waals surface area (Å²) in [5.74, 6) is 0. The van der Waals surface area contributed by atoms with Gasteiger partial charge in [-0.3, -0.25) is 0 Å². The molecule has 0 aliphatic rings. The zero-order chi connectivity index (χ0) is 8.55. The lowest BCUT2D eigenvalue weighted by Crippen LogP contribution is -1.76. The van der Waals surface area contributed by atoms with Gasteiger partial charge in [-0.25, -0.2) is 0 Å². The molecule has 1 aromatic carbocycles. The molecule has 2 heteroatoms. The Kier molecular flexibility index (Phi) is 2.39. The van der Waals surface area contributed by atoms with Gasteiger partial charge in [-0.15, -0.1) is 0 Å². The summed E-state index contributed by atoms with van der Waals surface area (Å²) in [6.45, 7) is 2.00. The number of aromatic nitrogens is 1. The van der Waals surface area contributed by atoms with Gasteiger partial charge in [0.2, 0.25) is 0 Å². The quantitative estimate of drug-likeness (QED) is 0.652. The first-order chi connectivity index (χ1) is 5.83. The average Bonchev–Trinajstić information content (AvgIpc) is 2.48. The van der Waals surface area contributed by atoms with E-state index in [-0.39, 0.29) is 7.43 Å². The molecule has 0 fully saturated rings. The maximum Gasteiger partial charge on any atom is 0.0998 e. The summed E-state index contributed by atoms with van der Waals surface area (Å²) in [4.78, 5) is 3.11. The summed E-state index contributed by atoms with van der Waals surface area (Å²) in [7, 11) is 0. The van der Waals surface area contributed by atoms with Crippen molar-refractivity contribution < 1.29 is 0 Å². The highest BCUT2D eigenvalue weighted by Gasteiger charge is 2.03. The maximum absolute atomic E-state index is 8.81. The van der Waals surface area contributed by atoms with Crippen LogP contribution in [0.2, 0.25) is 0 Å². The van der Waals surface area contributed by atoms with Gasteiger partial charge in [0.25, 0.3) is 0 Å². The van der Waals surface area contributed by atoms with E-state index in [9.17, 15) is 0 Å². The van der Waals surface area contributed by atoms with Crippen molar-refractivity contribution in [2.45, 2.75) is 14.4 Å². The summed E-state index contributed by atoms with van der Waals surface area (Å²) in [5.41, 5.74) is 2.90. The van der Waals surface area contributed by atoms with Crippen molar-refractivity contribution in [1.82, 2.24) is 4.98 Å². The number of rotatable bonds is 0. The molecule has 13 heavy (non-hydrogen) atoms. The van der Waals surface area contributed by atoms with Crippen LogP contribution in [-0.2, 0) is 0 Å². The molecule has 0 spiro atoms. The third-order valence-corrected chi connectivity index (χ3v) is 2.02. The van der Waals surface area contributed by atoms with Crippen LogP contribution in [0.3, 0.4) is 0 Å². The average molecular weight is 172 g/mol. The molecule has 0 aliphatic carbocycles. The highest BCUT2D eigenvalue weighted by molar-refractivity contribution is 5.88. The summed E-state index contributed by atoms with van der Waals surface area (Å²) in [6, 6.07) is 7.87. The van der Waals surface area contributed by atoms with Crippen LogP contribution >= 0.6 is 0 Å². The molecule has 0 unspecified atom stereocenters. The molecule has 2 nitrogen and oxygen atoms in total. The van der Waals surface area contributed by atoms with Crippen molar-refractivity contribution in [3.8, 4) is 6.07 Å². The predicted octanol–water partition coefficient (Wildman–Crippen LogP) is 2.98. The van der Waals surface area contributed by atoms with Crippen molar-refractivity contribution in [3.05, 3.63) is 35.5 Å². The molecule has 2 aromatic rings. The number of hydrogen-bond acceptors (Lipinski definition) is 1. The van der Waals surface area contributed by atoms with Gasteiger partial charge >= 0.3 is 0 Å². The third kappa shape index (κ3) is 1.29. The minimum atomic E-state index is 0. The Labute approximate surface area is 77.8 Å². The SMILES string of the molecule is C.Cc1c[nH]c2cccc(C#N)c12. The topological polar surface area (TPSA) is 39.6 Å². The van der Waals surface area contributed by atoms with Gasteiger partial charge in [0.05, 0.1) is 11.6 Å². The lowest BCUT2D eigenvalue weighted by molar-refractivity contribution is 1.43. The lowest BCUT2D eigenvalue weighted by Gasteiger charge is -1.93. The number of aryl methyl sites for hydroxylation is 1. The second-order valence-electron chi connectivity index (χ2n) is 2.81. The summed E-state index contributed by atoms with van der Waals surface area (Å²) in [6.07, 6.45) is 1.92. The predicted molar refractivity (Wildman–Crippen MR) is 54.5 cm³/mol. The first kappa shape index (κ1) is 9.34. The van der Waals surface area contributed by atoms with Crippen molar-refractivity contribution in [1.29, 1.82) is 5.26 Å². The van der Waals surface area contributed by atoms with E-state index in [0.29, 0.717) is 0 Å². The molecule has 0 atom stereocenters. The summed E-state index contributed by atoms with van der Waals surface area (Å²) < 4.78 is 0. The van der Waals surface area contributed by atoms with E-state index in [1.165, 1.54) is 0 Å². The second-order valence-corrected chi connectivity index (χ2v) is 2.81. The molecule has 0 saturated carbocycles. The Hall–Kier alpha value is -1.75. The number of fused-ring (bicyclic) bond motifs is 1. The Balaban J connectivity index is 0.000000845. The van der Waals surface area contributed by atoms with E-state index in [4.69, 9.17) is 5.26 Å². The molecular weight excluding hydrogens is 160 g/mol. The molecule has 0 amide bonds. The van der Waals surface area contributed by atoms with Gasteiger partial charge in [-0.1, -0.05) is 13.5 Å². The normalized spacial score (nSPS) is 9.23. The molecule has 1 N–H and O–H groups in total. The zero-order valence-corrected chi connectivity index (χ0v) is 6.76.